The van der Waals surface area contributed by atoms with Crippen molar-refractivity contribution in [2.24, 2.45) is 10.7 Å². The van der Waals surface area contributed by atoms with E-state index in [4.69, 9.17) is 5.73 Å². The lowest BCUT2D eigenvalue weighted by Gasteiger charge is -2.25. The molecule has 0 saturated heterocycles. The minimum Gasteiger partial charge on any atom is -0.378 e. The number of rotatable bonds is 1. The standard InChI is InChI=1S/C11H7Br2N3O3S/c12-3-1-4-6(5(13)2-3)15-9(18)11(4,19)7-8(17)16-10(14)20-7/h1-2,7,19H,(H,15,18)(H2,14,16,17). The molecule has 2 atom stereocenters. The molecule has 3 rings (SSSR count). The fourth-order valence-electron chi connectivity index (χ4n) is 2.22. The zero-order chi connectivity index (χ0) is 14.7. The van der Waals surface area contributed by atoms with Crippen molar-refractivity contribution in [3.63, 3.8) is 0 Å². The molecule has 0 saturated carbocycles. The molecule has 0 radical (unpaired) electrons. The molecular weight excluding hydrogens is 414 g/mol. The minimum atomic E-state index is -1.99. The molecular formula is C11H7Br2N3O3S. The van der Waals surface area contributed by atoms with Crippen LogP contribution in [-0.4, -0.2) is 27.3 Å². The number of thioether (sulfide) groups is 1. The molecule has 2 aliphatic heterocycles. The summed E-state index contributed by atoms with van der Waals surface area (Å²) in [4.78, 5) is 27.6. The summed E-state index contributed by atoms with van der Waals surface area (Å²) in [5.74, 6) is -1.28. The second-order valence-corrected chi connectivity index (χ2v) is 7.21. The van der Waals surface area contributed by atoms with E-state index in [1.807, 2.05) is 0 Å². The smallest absolute Gasteiger partial charge is 0.265 e. The number of amides is 2. The molecule has 6 nitrogen and oxygen atoms in total. The lowest BCUT2D eigenvalue weighted by atomic mass is 9.91. The molecule has 2 heterocycles. The Labute approximate surface area is 134 Å². The van der Waals surface area contributed by atoms with Gasteiger partial charge >= 0.3 is 0 Å². The van der Waals surface area contributed by atoms with E-state index in [9.17, 15) is 14.7 Å². The lowest BCUT2D eigenvalue weighted by molar-refractivity contribution is -0.138. The van der Waals surface area contributed by atoms with Gasteiger partial charge in [0, 0.05) is 14.5 Å². The van der Waals surface area contributed by atoms with E-state index in [0.717, 1.165) is 11.8 Å². The molecule has 0 bridgehead atoms. The zero-order valence-electron chi connectivity index (χ0n) is 9.68. The van der Waals surface area contributed by atoms with E-state index >= 15 is 0 Å². The van der Waals surface area contributed by atoms with Gasteiger partial charge in [0.2, 0.25) is 0 Å². The van der Waals surface area contributed by atoms with Crippen molar-refractivity contribution >= 4 is 66.3 Å². The first kappa shape index (κ1) is 14.1. The highest BCUT2D eigenvalue weighted by Crippen LogP contribution is 2.48. The summed E-state index contributed by atoms with van der Waals surface area (Å²) in [6.45, 7) is 0. The van der Waals surface area contributed by atoms with Gasteiger partial charge < -0.3 is 16.2 Å². The maximum absolute atomic E-state index is 12.2. The van der Waals surface area contributed by atoms with Crippen LogP contribution in [0.4, 0.5) is 5.69 Å². The van der Waals surface area contributed by atoms with Gasteiger partial charge in [-0.15, -0.1) is 0 Å². The molecule has 0 aliphatic carbocycles. The van der Waals surface area contributed by atoms with Crippen LogP contribution in [-0.2, 0) is 15.2 Å². The van der Waals surface area contributed by atoms with Gasteiger partial charge in [-0.05, 0) is 28.1 Å². The van der Waals surface area contributed by atoms with Gasteiger partial charge in [0.05, 0.1) is 5.69 Å². The Bertz CT molecular complexity index is 694. The number of aliphatic imine (C=N–C) groups is 1. The van der Waals surface area contributed by atoms with Gasteiger partial charge in [-0.2, -0.15) is 4.99 Å². The average molecular weight is 421 g/mol. The number of halogens is 2. The van der Waals surface area contributed by atoms with Crippen molar-refractivity contribution in [1.29, 1.82) is 0 Å². The third-order valence-electron chi connectivity index (χ3n) is 3.11. The number of nitrogens with zero attached hydrogens (tertiary/aromatic N) is 1. The van der Waals surface area contributed by atoms with Crippen LogP contribution in [0.3, 0.4) is 0 Å². The van der Waals surface area contributed by atoms with Crippen molar-refractivity contribution in [3.8, 4) is 0 Å². The van der Waals surface area contributed by atoms with Crippen LogP contribution >= 0.6 is 43.6 Å². The van der Waals surface area contributed by atoms with Crippen LogP contribution in [0.2, 0.25) is 0 Å². The second-order valence-electron chi connectivity index (χ2n) is 4.32. The molecule has 0 spiro atoms. The Kier molecular flexibility index (Phi) is 3.20. The van der Waals surface area contributed by atoms with E-state index in [1.165, 1.54) is 0 Å². The second kappa shape index (κ2) is 4.55. The van der Waals surface area contributed by atoms with Crippen molar-refractivity contribution in [3.05, 3.63) is 26.6 Å². The summed E-state index contributed by atoms with van der Waals surface area (Å²) in [7, 11) is 0. The number of hydrogen-bond donors (Lipinski definition) is 3. The number of carbonyl (C=O) groups excluding carboxylic acids is 2. The summed E-state index contributed by atoms with van der Waals surface area (Å²) in [5.41, 5.74) is 4.27. The number of hydrogen-bond acceptors (Lipinski definition) is 5. The van der Waals surface area contributed by atoms with E-state index in [-0.39, 0.29) is 5.17 Å². The highest BCUT2D eigenvalue weighted by atomic mass is 79.9. The molecule has 1 aromatic carbocycles. The Morgan fingerprint density at radius 2 is 2.10 bits per heavy atom. The lowest BCUT2D eigenvalue weighted by Crippen LogP contribution is -2.46. The molecule has 1 aromatic rings. The maximum atomic E-state index is 12.2. The van der Waals surface area contributed by atoms with Gasteiger partial charge in [0.15, 0.2) is 10.8 Å². The molecule has 9 heteroatoms. The van der Waals surface area contributed by atoms with Crippen LogP contribution in [0.5, 0.6) is 0 Å². The van der Waals surface area contributed by atoms with Gasteiger partial charge in [-0.1, -0.05) is 27.7 Å². The molecule has 4 N–H and O–H groups in total. The summed E-state index contributed by atoms with van der Waals surface area (Å²) in [6.07, 6.45) is 0. The number of nitrogens with one attached hydrogen (secondary N) is 1. The molecule has 2 unspecified atom stereocenters. The number of benzene rings is 1. The van der Waals surface area contributed by atoms with E-state index in [2.05, 4.69) is 42.2 Å². The van der Waals surface area contributed by atoms with Crippen LogP contribution in [0, 0.1) is 0 Å². The quantitative estimate of drug-likeness (QED) is 0.635. The van der Waals surface area contributed by atoms with Crippen LogP contribution in [0.15, 0.2) is 26.1 Å². The number of aliphatic hydroxyl groups is 1. The Morgan fingerprint density at radius 1 is 1.40 bits per heavy atom. The average Bonchev–Trinajstić information content (AvgIpc) is 2.81. The normalized spacial score (nSPS) is 28.4. The van der Waals surface area contributed by atoms with Gasteiger partial charge in [-0.25, -0.2) is 0 Å². The number of anilines is 1. The first-order chi connectivity index (χ1) is 9.34. The Morgan fingerprint density at radius 3 is 2.70 bits per heavy atom. The fourth-order valence-corrected chi connectivity index (χ4v) is 4.49. The Hall–Kier alpha value is -0.900. The van der Waals surface area contributed by atoms with E-state index in [1.54, 1.807) is 12.1 Å². The minimum absolute atomic E-state index is 0.0451. The summed E-state index contributed by atoms with van der Waals surface area (Å²) in [6, 6.07) is 3.33. The highest BCUT2D eigenvalue weighted by molar-refractivity contribution is 9.11. The van der Waals surface area contributed by atoms with Crippen LogP contribution in [0.25, 0.3) is 0 Å². The number of nitrogens with two attached hydrogens (primary N) is 1. The van der Waals surface area contributed by atoms with Crippen LogP contribution in [0.1, 0.15) is 5.56 Å². The van der Waals surface area contributed by atoms with Crippen molar-refractivity contribution in [2.75, 3.05) is 5.32 Å². The van der Waals surface area contributed by atoms with E-state index in [0.29, 0.717) is 20.2 Å². The van der Waals surface area contributed by atoms with Crippen molar-refractivity contribution < 1.29 is 14.7 Å². The first-order valence-corrected chi connectivity index (χ1v) is 7.88. The molecule has 2 aliphatic rings. The molecule has 0 aromatic heterocycles. The fraction of sp³-hybridized carbons (Fsp3) is 0.182. The topological polar surface area (TPSA) is 105 Å². The largest absolute Gasteiger partial charge is 0.378 e. The van der Waals surface area contributed by atoms with Gasteiger partial charge in [0.25, 0.3) is 11.8 Å². The monoisotopic (exact) mass is 419 g/mol. The SMILES string of the molecule is NC1=NC(=O)C(C2(O)C(=O)Nc3c(Br)cc(Br)cc32)S1. The van der Waals surface area contributed by atoms with Gasteiger partial charge in [0.1, 0.15) is 5.25 Å². The number of amidine groups is 1. The molecule has 104 valence electrons. The number of carbonyl (C=O) groups is 2. The van der Waals surface area contributed by atoms with E-state index < -0.39 is 22.7 Å². The summed E-state index contributed by atoms with van der Waals surface area (Å²) < 4.78 is 1.28. The third-order valence-corrected chi connectivity index (χ3v) is 5.31. The van der Waals surface area contributed by atoms with Crippen LogP contribution < -0.4 is 11.1 Å². The first-order valence-electron chi connectivity index (χ1n) is 5.42. The Balaban J connectivity index is 2.17. The number of fused-ring (bicyclic) bond motifs is 1. The summed E-state index contributed by atoms with van der Waals surface area (Å²) >= 11 is 7.50. The van der Waals surface area contributed by atoms with Crippen molar-refractivity contribution in [2.45, 2.75) is 10.9 Å². The predicted molar refractivity (Wildman–Crippen MR) is 82.4 cm³/mol. The molecule has 2 amide bonds. The predicted octanol–water partition coefficient (Wildman–Crippen LogP) is 1.31. The maximum Gasteiger partial charge on any atom is 0.265 e. The third kappa shape index (κ3) is 1.84. The van der Waals surface area contributed by atoms with Crippen molar-refractivity contribution in [1.82, 2.24) is 0 Å². The van der Waals surface area contributed by atoms with Gasteiger partial charge in [-0.3, -0.25) is 9.59 Å². The summed E-state index contributed by atoms with van der Waals surface area (Å²) in [5, 5.41) is 12.4. The zero-order valence-corrected chi connectivity index (χ0v) is 13.7. The molecule has 20 heavy (non-hydrogen) atoms. The highest BCUT2D eigenvalue weighted by Gasteiger charge is 2.57. The molecule has 0 fully saturated rings.